The maximum atomic E-state index is 13.2. The molecule has 2 aromatic carbocycles. The van der Waals surface area contributed by atoms with Crippen LogP contribution in [0.2, 0.25) is 0 Å². The highest BCUT2D eigenvalue weighted by atomic mass is 19.4. The zero-order chi connectivity index (χ0) is 29.8. The SMILES string of the molecule is CN(c1ccncc1)c1ccc(CN(c2nccc(-c3ccc(C(F)(F)F)cc3)n2)C2CCCN(C3CCCC3)C2)cc1. The Morgan fingerprint density at radius 1 is 0.814 bits per heavy atom. The number of benzene rings is 2. The van der Waals surface area contributed by atoms with E-state index in [1.54, 1.807) is 24.7 Å². The first-order chi connectivity index (χ1) is 20.8. The third-order valence-electron chi connectivity index (χ3n) is 8.84. The first-order valence-corrected chi connectivity index (χ1v) is 15.1. The van der Waals surface area contributed by atoms with Gasteiger partial charge in [-0.05, 0) is 80.3 Å². The number of hydrogen-bond donors (Lipinski definition) is 0. The quantitative estimate of drug-likeness (QED) is 0.211. The van der Waals surface area contributed by atoms with Crippen molar-refractivity contribution in [3.8, 4) is 11.3 Å². The maximum Gasteiger partial charge on any atom is 0.416 e. The van der Waals surface area contributed by atoms with Crippen LogP contribution in [0.3, 0.4) is 0 Å². The Bertz CT molecular complexity index is 1470. The van der Waals surface area contributed by atoms with E-state index in [1.165, 1.54) is 37.8 Å². The molecule has 0 spiro atoms. The topological polar surface area (TPSA) is 48.4 Å². The fourth-order valence-corrected chi connectivity index (χ4v) is 6.42. The summed E-state index contributed by atoms with van der Waals surface area (Å²) in [5, 5.41) is 0. The van der Waals surface area contributed by atoms with Crippen LogP contribution in [0.15, 0.2) is 85.3 Å². The number of anilines is 3. The maximum absolute atomic E-state index is 13.2. The van der Waals surface area contributed by atoms with Gasteiger partial charge in [-0.25, -0.2) is 9.97 Å². The Kier molecular flexibility index (Phi) is 8.61. The van der Waals surface area contributed by atoms with Crippen molar-refractivity contribution in [1.82, 2.24) is 19.9 Å². The van der Waals surface area contributed by atoms with Crippen molar-refractivity contribution in [3.63, 3.8) is 0 Å². The number of pyridine rings is 1. The second-order valence-electron chi connectivity index (χ2n) is 11.6. The van der Waals surface area contributed by atoms with E-state index in [9.17, 15) is 13.2 Å². The first kappa shape index (κ1) is 29.1. The average Bonchev–Trinajstić information content (AvgIpc) is 3.59. The molecule has 224 valence electrons. The zero-order valence-electron chi connectivity index (χ0n) is 24.4. The molecule has 1 aliphatic heterocycles. The molecule has 1 saturated carbocycles. The van der Waals surface area contributed by atoms with Gasteiger partial charge in [-0.2, -0.15) is 13.2 Å². The highest BCUT2D eigenvalue weighted by Crippen LogP contribution is 2.33. The average molecular weight is 587 g/mol. The molecule has 9 heteroatoms. The Balaban J connectivity index is 1.28. The molecule has 1 aliphatic carbocycles. The summed E-state index contributed by atoms with van der Waals surface area (Å²) in [6.45, 7) is 2.72. The van der Waals surface area contributed by atoms with Crippen molar-refractivity contribution in [2.24, 2.45) is 0 Å². The molecule has 0 amide bonds. The molecule has 0 N–H and O–H groups in total. The number of alkyl halides is 3. The second kappa shape index (κ2) is 12.7. The third kappa shape index (κ3) is 6.82. The van der Waals surface area contributed by atoms with Gasteiger partial charge in [-0.15, -0.1) is 0 Å². The van der Waals surface area contributed by atoms with Gasteiger partial charge in [0.1, 0.15) is 0 Å². The summed E-state index contributed by atoms with van der Waals surface area (Å²) < 4.78 is 39.5. The van der Waals surface area contributed by atoms with Crippen LogP contribution in [0.4, 0.5) is 30.5 Å². The lowest BCUT2D eigenvalue weighted by molar-refractivity contribution is -0.137. The number of rotatable bonds is 8. The van der Waals surface area contributed by atoms with Crippen molar-refractivity contribution >= 4 is 17.3 Å². The highest BCUT2D eigenvalue weighted by Gasteiger charge is 2.32. The van der Waals surface area contributed by atoms with Crippen molar-refractivity contribution in [1.29, 1.82) is 0 Å². The molecule has 6 nitrogen and oxygen atoms in total. The summed E-state index contributed by atoms with van der Waals surface area (Å²) in [6.07, 6.45) is 8.20. The zero-order valence-corrected chi connectivity index (χ0v) is 24.4. The molecule has 0 bridgehead atoms. The van der Waals surface area contributed by atoms with Gasteiger partial charge < -0.3 is 9.80 Å². The van der Waals surface area contributed by atoms with Gasteiger partial charge in [0.05, 0.1) is 11.3 Å². The summed E-state index contributed by atoms with van der Waals surface area (Å²) in [7, 11) is 2.04. The van der Waals surface area contributed by atoms with Gasteiger partial charge in [0.15, 0.2) is 0 Å². The molecule has 1 unspecified atom stereocenters. The molecule has 2 aromatic heterocycles. The second-order valence-corrected chi connectivity index (χ2v) is 11.6. The van der Waals surface area contributed by atoms with Crippen LogP contribution < -0.4 is 9.80 Å². The first-order valence-electron chi connectivity index (χ1n) is 15.1. The van der Waals surface area contributed by atoms with E-state index < -0.39 is 11.7 Å². The Labute approximate surface area is 251 Å². The molecule has 4 aromatic rings. The number of piperidine rings is 1. The van der Waals surface area contributed by atoms with Crippen LogP contribution in [0.5, 0.6) is 0 Å². The lowest BCUT2D eigenvalue weighted by Crippen LogP contribution is -2.51. The van der Waals surface area contributed by atoms with Crippen LogP contribution in [-0.4, -0.2) is 52.1 Å². The molecule has 6 rings (SSSR count). The smallest absolute Gasteiger partial charge is 0.345 e. The van der Waals surface area contributed by atoms with Gasteiger partial charge in [-0.3, -0.25) is 9.88 Å². The molecule has 1 atom stereocenters. The summed E-state index contributed by atoms with van der Waals surface area (Å²) in [6, 6.07) is 20.3. The number of hydrogen-bond acceptors (Lipinski definition) is 6. The minimum atomic E-state index is -4.37. The van der Waals surface area contributed by atoms with E-state index in [0.717, 1.165) is 55.0 Å². The lowest BCUT2D eigenvalue weighted by atomic mass is 10.0. The predicted octanol–water partition coefficient (Wildman–Crippen LogP) is 7.74. The standard InChI is InChI=1S/C34H37F3N6/c1-41(29-16-19-38-20-17-29)28-14-8-25(9-15-28)23-43(31-7-4-22-42(24-31)30-5-2-3-6-30)33-39-21-18-32(40-33)26-10-12-27(13-11-26)34(35,36)37/h8-21,30-31H,2-7,22-24H2,1H3. The van der Waals surface area contributed by atoms with E-state index in [1.807, 2.05) is 19.2 Å². The molecule has 2 fully saturated rings. The summed E-state index contributed by atoms with van der Waals surface area (Å²) >= 11 is 0. The fraction of sp³-hybridized carbons (Fsp3) is 0.382. The van der Waals surface area contributed by atoms with E-state index in [-0.39, 0.29) is 6.04 Å². The highest BCUT2D eigenvalue weighted by molar-refractivity contribution is 5.63. The minimum absolute atomic E-state index is 0.233. The Morgan fingerprint density at radius 3 is 2.21 bits per heavy atom. The molecule has 3 heterocycles. The lowest BCUT2D eigenvalue weighted by Gasteiger charge is -2.42. The Hall–Kier alpha value is -3.98. The van der Waals surface area contributed by atoms with Gasteiger partial charge >= 0.3 is 6.18 Å². The van der Waals surface area contributed by atoms with E-state index in [4.69, 9.17) is 9.97 Å². The molecule has 1 saturated heterocycles. The van der Waals surface area contributed by atoms with Crippen molar-refractivity contribution in [2.45, 2.75) is 63.3 Å². The normalized spacial score (nSPS) is 18.1. The summed E-state index contributed by atoms with van der Waals surface area (Å²) in [5.41, 5.74) is 3.87. The van der Waals surface area contributed by atoms with Crippen LogP contribution in [0.1, 0.15) is 49.7 Å². The molecular formula is C34H37F3N6. The van der Waals surface area contributed by atoms with E-state index in [2.05, 4.69) is 43.9 Å². The van der Waals surface area contributed by atoms with Crippen LogP contribution in [-0.2, 0) is 12.7 Å². The fourth-order valence-electron chi connectivity index (χ4n) is 6.42. The van der Waals surface area contributed by atoms with Gasteiger partial charge in [-0.1, -0.05) is 37.1 Å². The summed E-state index contributed by atoms with van der Waals surface area (Å²) in [5.74, 6) is 0.605. The van der Waals surface area contributed by atoms with E-state index >= 15 is 0 Å². The number of halogens is 3. The van der Waals surface area contributed by atoms with Crippen LogP contribution in [0.25, 0.3) is 11.3 Å². The van der Waals surface area contributed by atoms with Gasteiger partial charge in [0.25, 0.3) is 0 Å². The summed E-state index contributed by atoms with van der Waals surface area (Å²) in [4.78, 5) is 20.8. The molecule has 43 heavy (non-hydrogen) atoms. The van der Waals surface area contributed by atoms with Crippen LogP contribution >= 0.6 is 0 Å². The molecule has 0 radical (unpaired) electrons. The molecular weight excluding hydrogens is 549 g/mol. The van der Waals surface area contributed by atoms with Gasteiger partial charge in [0.2, 0.25) is 5.95 Å². The molecule has 2 aliphatic rings. The Morgan fingerprint density at radius 2 is 1.51 bits per heavy atom. The number of aromatic nitrogens is 3. The van der Waals surface area contributed by atoms with Crippen molar-refractivity contribution in [3.05, 3.63) is 96.4 Å². The third-order valence-corrected chi connectivity index (χ3v) is 8.84. The largest absolute Gasteiger partial charge is 0.416 e. The minimum Gasteiger partial charge on any atom is -0.345 e. The number of nitrogens with zero attached hydrogens (tertiary/aromatic N) is 6. The number of likely N-dealkylation sites (tertiary alicyclic amines) is 1. The van der Waals surface area contributed by atoms with Crippen LogP contribution in [0, 0.1) is 0 Å². The monoisotopic (exact) mass is 586 g/mol. The predicted molar refractivity (Wildman–Crippen MR) is 164 cm³/mol. The van der Waals surface area contributed by atoms with Crippen molar-refractivity contribution < 1.29 is 13.2 Å². The van der Waals surface area contributed by atoms with E-state index in [0.29, 0.717) is 29.8 Å². The van der Waals surface area contributed by atoms with Crippen molar-refractivity contribution in [2.75, 3.05) is 29.9 Å². The van der Waals surface area contributed by atoms with Gasteiger partial charge in [0, 0.05) is 67.7 Å².